The quantitative estimate of drug-likeness (QED) is 0.729. The standard InChI is InChI=1S/C20H21N3O/c1-14-11-17(24-13-15-5-4-6-15)9-10-18(14)22-20-21-12-16-7-2-3-8-19(16)23-20/h2-3,7-12,15H,4-6,13H2,1H3,(H,21,22,23). The number of hydrogen-bond acceptors (Lipinski definition) is 4. The van der Waals surface area contributed by atoms with E-state index in [4.69, 9.17) is 4.74 Å². The summed E-state index contributed by atoms with van der Waals surface area (Å²) in [4.78, 5) is 8.95. The number of ether oxygens (including phenoxy) is 1. The smallest absolute Gasteiger partial charge is 0.227 e. The van der Waals surface area contributed by atoms with E-state index in [0.29, 0.717) is 5.95 Å². The molecule has 0 bridgehead atoms. The molecule has 0 amide bonds. The molecular formula is C20H21N3O. The number of nitrogens with zero attached hydrogens (tertiary/aromatic N) is 2. The lowest BCUT2D eigenvalue weighted by atomic mass is 9.86. The molecule has 2 aromatic carbocycles. The topological polar surface area (TPSA) is 47.0 Å². The predicted octanol–water partition coefficient (Wildman–Crippen LogP) is 4.86. The third-order valence-corrected chi connectivity index (χ3v) is 4.64. The van der Waals surface area contributed by atoms with Crippen LogP contribution in [-0.4, -0.2) is 16.6 Å². The molecule has 1 heterocycles. The normalized spacial score (nSPS) is 14.4. The van der Waals surface area contributed by atoms with Crippen LogP contribution in [0.5, 0.6) is 5.75 Å². The van der Waals surface area contributed by atoms with E-state index < -0.39 is 0 Å². The molecule has 1 aliphatic rings. The molecule has 24 heavy (non-hydrogen) atoms. The summed E-state index contributed by atoms with van der Waals surface area (Å²) < 4.78 is 5.89. The summed E-state index contributed by atoms with van der Waals surface area (Å²) >= 11 is 0. The van der Waals surface area contributed by atoms with Gasteiger partial charge in [-0.1, -0.05) is 24.6 Å². The molecule has 4 rings (SSSR count). The van der Waals surface area contributed by atoms with Gasteiger partial charge in [0, 0.05) is 17.3 Å². The molecule has 0 spiro atoms. The van der Waals surface area contributed by atoms with Crippen molar-refractivity contribution in [3.05, 3.63) is 54.2 Å². The number of para-hydroxylation sites is 1. The second-order valence-corrected chi connectivity index (χ2v) is 6.46. The predicted molar refractivity (Wildman–Crippen MR) is 96.8 cm³/mol. The molecule has 4 nitrogen and oxygen atoms in total. The van der Waals surface area contributed by atoms with E-state index in [9.17, 15) is 0 Å². The van der Waals surface area contributed by atoms with Gasteiger partial charge in [0.05, 0.1) is 12.1 Å². The minimum Gasteiger partial charge on any atom is -0.493 e. The Kier molecular flexibility index (Phi) is 4.03. The van der Waals surface area contributed by atoms with E-state index in [1.165, 1.54) is 19.3 Å². The number of benzene rings is 2. The fraction of sp³-hybridized carbons (Fsp3) is 0.300. The minimum absolute atomic E-state index is 0.611. The lowest BCUT2D eigenvalue weighted by Gasteiger charge is -2.25. The highest BCUT2D eigenvalue weighted by molar-refractivity contribution is 5.79. The van der Waals surface area contributed by atoms with Gasteiger partial charge in [-0.3, -0.25) is 0 Å². The van der Waals surface area contributed by atoms with Gasteiger partial charge < -0.3 is 10.1 Å². The minimum atomic E-state index is 0.611. The van der Waals surface area contributed by atoms with E-state index in [-0.39, 0.29) is 0 Å². The van der Waals surface area contributed by atoms with E-state index in [2.05, 4.69) is 28.3 Å². The van der Waals surface area contributed by atoms with Crippen LogP contribution in [0, 0.1) is 12.8 Å². The molecule has 122 valence electrons. The van der Waals surface area contributed by atoms with E-state index in [1.807, 2.05) is 42.6 Å². The van der Waals surface area contributed by atoms with Gasteiger partial charge in [0.1, 0.15) is 5.75 Å². The monoisotopic (exact) mass is 319 g/mol. The highest BCUT2D eigenvalue weighted by atomic mass is 16.5. The highest BCUT2D eigenvalue weighted by Crippen LogP contribution is 2.28. The Bertz CT molecular complexity index is 858. The number of fused-ring (bicyclic) bond motifs is 1. The van der Waals surface area contributed by atoms with Gasteiger partial charge in [0.15, 0.2) is 0 Å². The zero-order valence-corrected chi connectivity index (χ0v) is 13.8. The maximum Gasteiger partial charge on any atom is 0.227 e. The molecule has 4 heteroatoms. The maximum absolute atomic E-state index is 5.89. The Hall–Kier alpha value is -2.62. The molecule has 1 fully saturated rings. The van der Waals surface area contributed by atoms with Crippen LogP contribution in [0.4, 0.5) is 11.6 Å². The first-order valence-corrected chi connectivity index (χ1v) is 8.50. The van der Waals surface area contributed by atoms with Crippen LogP contribution in [0.2, 0.25) is 0 Å². The van der Waals surface area contributed by atoms with Crippen molar-refractivity contribution in [2.45, 2.75) is 26.2 Å². The fourth-order valence-corrected chi connectivity index (χ4v) is 2.89. The molecule has 1 N–H and O–H groups in total. The maximum atomic E-state index is 5.89. The van der Waals surface area contributed by atoms with Gasteiger partial charge in [-0.2, -0.15) is 0 Å². The van der Waals surface area contributed by atoms with Gasteiger partial charge in [-0.15, -0.1) is 0 Å². The van der Waals surface area contributed by atoms with E-state index >= 15 is 0 Å². The largest absolute Gasteiger partial charge is 0.493 e. The number of hydrogen-bond donors (Lipinski definition) is 1. The molecule has 1 aromatic heterocycles. The fourth-order valence-electron chi connectivity index (χ4n) is 2.89. The summed E-state index contributed by atoms with van der Waals surface area (Å²) in [6, 6.07) is 14.1. The van der Waals surface area contributed by atoms with Crippen molar-refractivity contribution in [1.29, 1.82) is 0 Å². The molecule has 0 unspecified atom stereocenters. The first-order chi connectivity index (χ1) is 11.8. The van der Waals surface area contributed by atoms with E-state index in [1.54, 1.807) is 0 Å². The molecular weight excluding hydrogens is 298 g/mol. The number of anilines is 2. The third kappa shape index (κ3) is 3.18. The molecule has 0 aliphatic heterocycles. The average molecular weight is 319 g/mol. The first-order valence-electron chi connectivity index (χ1n) is 8.50. The van der Waals surface area contributed by atoms with Gasteiger partial charge in [-0.05, 0) is 55.5 Å². The van der Waals surface area contributed by atoms with Crippen molar-refractivity contribution in [3.63, 3.8) is 0 Å². The first kappa shape index (κ1) is 14.9. The number of rotatable bonds is 5. The molecule has 3 aromatic rings. The molecule has 0 saturated heterocycles. The van der Waals surface area contributed by atoms with E-state index in [0.717, 1.165) is 40.4 Å². The van der Waals surface area contributed by atoms with Crippen molar-refractivity contribution in [2.24, 2.45) is 5.92 Å². The number of aromatic nitrogens is 2. The Morgan fingerprint density at radius 3 is 2.83 bits per heavy atom. The SMILES string of the molecule is Cc1cc(OCC2CCC2)ccc1Nc1ncc2ccccc2n1. The Balaban J connectivity index is 1.48. The Morgan fingerprint density at radius 2 is 2.04 bits per heavy atom. The van der Waals surface area contributed by atoms with Gasteiger partial charge >= 0.3 is 0 Å². The molecule has 0 atom stereocenters. The molecule has 1 aliphatic carbocycles. The summed E-state index contributed by atoms with van der Waals surface area (Å²) in [5.41, 5.74) is 3.06. The second-order valence-electron chi connectivity index (χ2n) is 6.46. The van der Waals surface area contributed by atoms with Crippen molar-refractivity contribution in [2.75, 3.05) is 11.9 Å². The van der Waals surface area contributed by atoms with Gasteiger partial charge in [0.2, 0.25) is 5.95 Å². The zero-order chi connectivity index (χ0) is 16.4. The van der Waals surface area contributed by atoms with Crippen LogP contribution in [0.3, 0.4) is 0 Å². The van der Waals surface area contributed by atoms with Crippen LogP contribution in [-0.2, 0) is 0 Å². The number of nitrogens with one attached hydrogen (secondary N) is 1. The van der Waals surface area contributed by atoms with Crippen LogP contribution in [0.1, 0.15) is 24.8 Å². The highest BCUT2D eigenvalue weighted by Gasteiger charge is 2.17. The van der Waals surface area contributed by atoms with Crippen molar-refractivity contribution in [1.82, 2.24) is 9.97 Å². The summed E-state index contributed by atoms with van der Waals surface area (Å²) in [5, 5.41) is 4.34. The lowest BCUT2D eigenvalue weighted by Crippen LogP contribution is -2.19. The van der Waals surface area contributed by atoms with Gasteiger partial charge in [0.25, 0.3) is 0 Å². The average Bonchev–Trinajstić information content (AvgIpc) is 2.56. The Morgan fingerprint density at radius 1 is 1.17 bits per heavy atom. The second kappa shape index (κ2) is 6.48. The van der Waals surface area contributed by atoms with Crippen LogP contribution in [0.15, 0.2) is 48.7 Å². The molecule has 0 radical (unpaired) electrons. The van der Waals surface area contributed by atoms with Crippen LogP contribution < -0.4 is 10.1 Å². The van der Waals surface area contributed by atoms with Crippen LogP contribution >= 0.6 is 0 Å². The lowest BCUT2D eigenvalue weighted by molar-refractivity contribution is 0.180. The van der Waals surface area contributed by atoms with Crippen molar-refractivity contribution < 1.29 is 4.74 Å². The zero-order valence-electron chi connectivity index (χ0n) is 13.8. The summed E-state index contributed by atoms with van der Waals surface area (Å²) in [6.07, 6.45) is 5.80. The van der Waals surface area contributed by atoms with Crippen LogP contribution in [0.25, 0.3) is 10.9 Å². The summed E-state index contributed by atoms with van der Waals surface area (Å²) in [6.45, 7) is 2.90. The van der Waals surface area contributed by atoms with Crippen molar-refractivity contribution in [3.8, 4) is 5.75 Å². The van der Waals surface area contributed by atoms with Gasteiger partial charge in [-0.25, -0.2) is 9.97 Å². The van der Waals surface area contributed by atoms with Crippen molar-refractivity contribution >= 4 is 22.5 Å². The summed E-state index contributed by atoms with van der Waals surface area (Å²) in [7, 11) is 0. The Labute approximate surface area is 141 Å². The molecule has 1 saturated carbocycles. The third-order valence-electron chi connectivity index (χ3n) is 4.64. The summed E-state index contributed by atoms with van der Waals surface area (Å²) in [5.74, 6) is 2.29. The number of aryl methyl sites for hydroxylation is 1.